The minimum Gasteiger partial charge on any atom is -0.496 e. The Bertz CT molecular complexity index is 479. The molecule has 0 amide bonds. The second kappa shape index (κ2) is 4.30. The summed E-state index contributed by atoms with van der Waals surface area (Å²) in [6, 6.07) is 0. The van der Waals surface area contributed by atoms with Gasteiger partial charge in [-0.15, -0.1) is 0 Å². The van der Waals surface area contributed by atoms with E-state index in [4.69, 9.17) is 4.74 Å². The van der Waals surface area contributed by atoms with Crippen LogP contribution in [0.3, 0.4) is 0 Å². The summed E-state index contributed by atoms with van der Waals surface area (Å²) in [7, 11) is 1.68. The molecule has 0 saturated carbocycles. The Labute approximate surface area is 94.1 Å². The van der Waals surface area contributed by atoms with Crippen LogP contribution in [0, 0.1) is 13.8 Å². The fraction of sp³-hybridized carbons (Fsp3) is 0.364. The molecule has 0 atom stereocenters. The van der Waals surface area contributed by atoms with E-state index in [0.29, 0.717) is 6.54 Å². The lowest BCUT2D eigenvalue weighted by Gasteiger charge is -2.11. The first-order chi connectivity index (χ1) is 7.72. The third kappa shape index (κ3) is 1.88. The summed E-state index contributed by atoms with van der Waals surface area (Å²) in [4.78, 5) is 8.29. The van der Waals surface area contributed by atoms with Gasteiger partial charge >= 0.3 is 0 Å². The molecule has 0 aliphatic rings. The Balaban J connectivity index is 2.35. The molecule has 0 fully saturated rings. The zero-order valence-corrected chi connectivity index (χ0v) is 9.64. The maximum absolute atomic E-state index is 5.35. The molecule has 0 saturated heterocycles. The molecule has 0 unspecified atom stereocenters. The predicted molar refractivity (Wildman–Crippen MR) is 59.4 cm³/mol. The highest BCUT2D eigenvalue weighted by Gasteiger charge is 2.09. The highest BCUT2D eigenvalue weighted by molar-refractivity contribution is 5.41. The van der Waals surface area contributed by atoms with Crippen molar-refractivity contribution in [3.63, 3.8) is 0 Å². The average molecular weight is 218 g/mol. The molecule has 0 N–H and O–H groups in total. The molecule has 5 heteroatoms. The Morgan fingerprint density at radius 2 is 2.19 bits per heavy atom. The Kier molecular flexibility index (Phi) is 2.85. The van der Waals surface area contributed by atoms with Crippen LogP contribution in [0.2, 0.25) is 0 Å². The molecular weight excluding hydrogens is 204 g/mol. The van der Waals surface area contributed by atoms with E-state index < -0.39 is 0 Å². The number of aromatic nitrogens is 4. The highest BCUT2D eigenvalue weighted by atomic mass is 16.5. The molecule has 2 rings (SSSR count). The molecule has 5 nitrogen and oxygen atoms in total. The van der Waals surface area contributed by atoms with Crippen molar-refractivity contribution in [2.24, 2.45) is 0 Å². The third-order valence-electron chi connectivity index (χ3n) is 2.53. The Morgan fingerprint density at radius 1 is 1.38 bits per heavy atom. The number of rotatable bonds is 3. The van der Waals surface area contributed by atoms with Crippen molar-refractivity contribution in [1.29, 1.82) is 0 Å². The van der Waals surface area contributed by atoms with Crippen LogP contribution in [0.25, 0.3) is 0 Å². The standard InChI is InChI=1S/C11H14N4O/c1-8-4-13-10(9(2)11(8)16-3)5-15-7-12-6-14-15/h4,6-7H,5H2,1-3H3. The summed E-state index contributed by atoms with van der Waals surface area (Å²) < 4.78 is 7.09. The third-order valence-corrected chi connectivity index (χ3v) is 2.53. The van der Waals surface area contributed by atoms with Crippen molar-refractivity contribution < 1.29 is 4.74 Å². The van der Waals surface area contributed by atoms with Crippen molar-refractivity contribution in [3.05, 3.63) is 35.7 Å². The molecule has 0 spiro atoms. The Morgan fingerprint density at radius 3 is 2.81 bits per heavy atom. The van der Waals surface area contributed by atoms with Gasteiger partial charge in [0.2, 0.25) is 0 Å². The van der Waals surface area contributed by atoms with E-state index in [9.17, 15) is 0 Å². The van der Waals surface area contributed by atoms with Gasteiger partial charge in [-0.3, -0.25) is 4.98 Å². The summed E-state index contributed by atoms with van der Waals surface area (Å²) in [5.74, 6) is 0.894. The maximum Gasteiger partial charge on any atom is 0.137 e. The summed E-state index contributed by atoms with van der Waals surface area (Å²) in [6.07, 6.45) is 5.01. The highest BCUT2D eigenvalue weighted by Crippen LogP contribution is 2.24. The minimum atomic E-state index is 0.614. The zero-order chi connectivity index (χ0) is 11.5. The first-order valence-electron chi connectivity index (χ1n) is 5.04. The molecule has 0 aromatic carbocycles. The second-order valence-electron chi connectivity index (χ2n) is 3.64. The molecule has 0 radical (unpaired) electrons. The molecule has 16 heavy (non-hydrogen) atoms. The molecular formula is C11H14N4O. The van der Waals surface area contributed by atoms with Crippen molar-refractivity contribution in [2.45, 2.75) is 20.4 Å². The van der Waals surface area contributed by atoms with Crippen molar-refractivity contribution in [3.8, 4) is 5.75 Å². The molecule has 0 aliphatic carbocycles. The van der Waals surface area contributed by atoms with Gasteiger partial charge in [0.15, 0.2) is 0 Å². The summed E-state index contributed by atoms with van der Waals surface area (Å²) >= 11 is 0. The number of pyridine rings is 1. The van der Waals surface area contributed by atoms with Gasteiger partial charge in [0.25, 0.3) is 0 Å². The fourth-order valence-electron chi connectivity index (χ4n) is 1.70. The van der Waals surface area contributed by atoms with E-state index in [1.54, 1.807) is 18.1 Å². The van der Waals surface area contributed by atoms with E-state index in [2.05, 4.69) is 15.1 Å². The second-order valence-corrected chi connectivity index (χ2v) is 3.64. The van der Waals surface area contributed by atoms with Gasteiger partial charge in [0.05, 0.1) is 19.3 Å². The predicted octanol–water partition coefficient (Wildman–Crippen LogP) is 1.35. The number of aryl methyl sites for hydroxylation is 1. The van der Waals surface area contributed by atoms with Gasteiger partial charge in [0, 0.05) is 17.3 Å². The lowest BCUT2D eigenvalue weighted by molar-refractivity contribution is 0.406. The molecule has 84 valence electrons. The van der Waals surface area contributed by atoms with Gasteiger partial charge in [-0.25, -0.2) is 9.67 Å². The van der Waals surface area contributed by atoms with Crippen LogP contribution in [-0.2, 0) is 6.54 Å². The number of hydrogen-bond donors (Lipinski definition) is 0. The Hall–Kier alpha value is -1.91. The number of ether oxygens (including phenoxy) is 1. The molecule has 2 aromatic heterocycles. The van der Waals surface area contributed by atoms with E-state index in [0.717, 1.165) is 22.6 Å². The molecule has 2 aromatic rings. The van der Waals surface area contributed by atoms with Gasteiger partial charge in [-0.05, 0) is 13.8 Å². The monoisotopic (exact) mass is 218 g/mol. The van der Waals surface area contributed by atoms with Crippen LogP contribution < -0.4 is 4.74 Å². The quantitative estimate of drug-likeness (QED) is 0.780. The van der Waals surface area contributed by atoms with E-state index in [-0.39, 0.29) is 0 Å². The molecule has 0 bridgehead atoms. The summed E-state index contributed by atoms with van der Waals surface area (Å²) in [5, 5.41) is 4.06. The van der Waals surface area contributed by atoms with Crippen LogP contribution in [-0.4, -0.2) is 26.9 Å². The molecule has 2 heterocycles. The van der Waals surface area contributed by atoms with Crippen LogP contribution in [0.1, 0.15) is 16.8 Å². The van der Waals surface area contributed by atoms with Gasteiger partial charge < -0.3 is 4.74 Å². The van der Waals surface area contributed by atoms with Crippen LogP contribution >= 0.6 is 0 Å². The summed E-state index contributed by atoms with van der Waals surface area (Å²) in [5.41, 5.74) is 3.05. The average Bonchev–Trinajstić information content (AvgIpc) is 2.76. The topological polar surface area (TPSA) is 52.8 Å². The largest absolute Gasteiger partial charge is 0.496 e. The number of nitrogens with zero attached hydrogens (tertiary/aromatic N) is 4. The molecule has 0 aliphatic heterocycles. The van der Waals surface area contributed by atoms with Crippen LogP contribution in [0.5, 0.6) is 5.75 Å². The fourth-order valence-corrected chi connectivity index (χ4v) is 1.70. The van der Waals surface area contributed by atoms with E-state index >= 15 is 0 Å². The van der Waals surface area contributed by atoms with Crippen molar-refractivity contribution in [2.75, 3.05) is 7.11 Å². The maximum atomic E-state index is 5.35. The van der Waals surface area contributed by atoms with Gasteiger partial charge in [0.1, 0.15) is 18.4 Å². The van der Waals surface area contributed by atoms with Crippen LogP contribution in [0.15, 0.2) is 18.9 Å². The first-order valence-corrected chi connectivity index (χ1v) is 5.04. The van der Waals surface area contributed by atoms with Crippen LogP contribution in [0.4, 0.5) is 0 Å². The summed E-state index contributed by atoms with van der Waals surface area (Å²) in [6.45, 7) is 4.60. The van der Waals surface area contributed by atoms with Crippen molar-refractivity contribution in [1.82, 2.24) is 19.7 Å². The number of methoxy groups -OCH3 is 1. The normalized spacial score (nSPS) is 10.4. The minimum absolute atomic E-state index is 0.614. The first kappa shape index (κ1) is 10.6. The number of hydrogen-bond acceptors (Lipinski definition) is 4. The van der Waals surface area contributed by atoms with Gasteiger partial charge in [-0.1, -0.05) is 0 Å². The van der Waals surface area contributed by atoms with E-state index in [1.165, 1.54) is 6.33 Å². The SMILES string of the molecule is COc1c(C)cnc(Cn2cncn2)c1C. The van der Waals surface area contributed by atoms with Gasteiger partial charge in [-0.2, -0.15) is 5.10 Å². The zero-order valence-electron chi connectivity index (χ0n) is 9.64. The van der Waals surface area contributed by atoms with E-state index in [1.807, 2.05) is 20.0 Å². The lowest BCUT2D eigenvalue weighted by Crippen LogP contribution is -2.06. The van der Waals surface area contributed by atoms with Crippen molar-refractivity contribution >= 4 is 0 Å². The smallest absolute Gasteiger partial charge is 0.137 e. The lowest BCUT2D eigenvalue weighted by atomic mass is 10.1.